The van der Waals surface area contributed by atoms with Crippen molar-refractivity contribution in [2.45, 2.75) is 11.1 Å². The van der Waals surface area contributed by atoms with Gasteiger partial charge >= 0.3 is 6.18 Å². The summed E-state index contributed by atoms with van der Waals surface area (Å²) >= 11 is 0. The Kier molecular flexibility index (Phi) is 4.77. The number of likely N-dealkylation sites (N-methyl/N-ethyl adjacent to an activating group) is 2. The average Bonchev–Trinajstić information content (AvgIpc) is 2.37. The molecule has 1 amide bonds. The lowest BCUT2D eigenvalue weighted by atomic mass is 10.2. The molecule has 1 N–H and O–H groups in total. The van der Waals surface area contributed by atoms with Crippen LogP contribution in [0.5, 0.6) is 0 Å². The highest BCUT2D eigenvalue weighted by atomic mass is 32.2. The second-order valence-electron chi connectivity index (χ2n) is 3.96. The van der Waals surface area contributed by atoms with Crippen LogP contribution in [0.1, 0.15) is 5.56 Å². The molecule has 0 atom stereocenters. The van der Waals surface area contributed by atoms with Gasteiger partial charge in [0.15, 0.2) is 0 Å². The molecular formula is C11H13F3N2O3S. The Morgan fingerprint density at radius 3 is 2.45 bits per heavy atom. The highest BCUT2D eigenvalue weighted by Crippen LogP contribution is 2.30. The van der Waals surface area contributed by atoms with Gasteiger partial charge < -0.3 is 5.32 Å². The number of rotatable bonds is 4. The van der Waals surface area contributed by atoms with Crippen LogP contribution in [0, 0.1) is 0 Å². The van der Waals surface area contributed by atoms with E-state index >= 15 is 0 Å². The van der Waals surface area contributed by atoms with Crippen LogP contribution in [0.2, 0.25) is 0 Å². The van der Waals surface area contributed by atoms with E-state index in [4.69, 9.17) is 0 Å². The van der Waals surface area contributed by atoms with Crippen LogP contribution in [-0.4, -0.2) is 39.3 Å². The fourth-order valence-electron chi connectivity index (χ4n) is 1.38. The molecule has 0 radical (unpaired) electrons. The standard InChI is InChI=1S/C11H13F3N2O3S/c1-15-10(17)7-16(2)20(18,19)9-5-3-4-8(6-9)11(12,13)14/h3-6H,7H2,1-2H3,(H,15,17). The Morgan fingerprint density at radius 1 is 1.35 bits per heavy atom. The highest BCUT2D eigenvalue weighted by molar-refractivity contribution is 7.89. The number of halogens is 3. The fourth-order valence-corrected chi connectivity index (χ4v) is 2.55. The first-order valence-corrected chi connectivity index (χ1v) is 6.87. The van der Waals surface area contributed by atoms with E-state index in [2.05, 4.69) is 5.32 Å². The summed E-state index contributed by atoms with van der Waals surface area (Å²) in [5, 5.41) is 2.23. The summed E-state index contributed by atoms with van der Waals surface area (Å²) in [5.41, 5.74) is -1.06. The van der Waals surface area contributed by atoms with Crippen LogP contribution in [0.15, 0.2) is 29.2 Å². The maximum absolute atomic E-state index is 12.5. The predicted octanol–water partition coefficient (Wildman–Crippen LogP) is 1.07. The molecule has 0 aliphatic rings. The number of carbonyl (C=O) groups excluding carboxylic acids is 1. The second-order valence-corrected chi connectivity index (χ2v) is 6.00. The van der Waals surface area contributed by atoms with Crippen LogP contribution < -0.4 is 5.32 Å². The first kappa shape index (κ1) is 16.4. The van der Waals surface area contributed by atoms with Crippen molar-refractivity contribution in [1.82, 2.24) is 9.62 Å². The summed E-state index contributed by atoms with van der Waals surface area (Å²) in [5.74, 6) is -0.567. The third-order valence-electron chi connectivity index (χ3n) is 2.51. The summed E-state index contributed by atoms with van der Waals surface area (Å²) in [6.07, 6.45) is -4.63. The number of hydrogen-bond donors (Lipinski definition) is 1. The molecule has 0 saturated heterocycles. The lowest BCUT2D eigenvalue weighted by Gasteiger charge is -2.17. The van der Waals surface area contributed by atoms with Gasteiger partial charge in [0, 0.05) is 14.1 Å². The zero-order chi connectivity index (χ0) is 15.6. The van der Waals surface area contributed by atoms with Gasteiger partial charge in [0.25, 0.3) is 0 Å². The van der Waals surface area contributed by atoms with Gasteiger partial charge in [-0.05, 0) is 18.2 Å². The quantitative estimate of drug-likeness (QED) is 0.905. The number of nitrogens with zero attached hydrogens (tertiary/aromatic N) is 1. The largest absolute Gasteiger partial charge is 0.416 e. The Hall–Kier alpha value is -1.61. The van der Waals surface area contributed by atoms with Gasteiger partial charge in [0.2, 0.25) is 15.9 Å². The lowest BCUT2D eigenvalue weighted by Crippen LogP contribution is -2.36. The average molecular weight is 310 g/mol. The molecule has 20 heavy (non-hydrogen) atoms. The van der Waals surface area contributed by atoms with E-state index in [0.717, 1.165) is 25.2 Å². The summed E-state index contributed by atoms with van der Waals surface area (Å²) in [6, 6.07) is 3.36. The highest BCUT2D eigenvalue weighted by Gasteiger charge is 2.32. The number of benzene rings is 1. The molecule has 1 rings (SSSR count). The van der Waals surface area contributed by atoms with E-state index in [1.54, 1.807) is 0 Å². The minimum Gasteiger partial charge on any atom is -0.358 e. The number of nitrogens with one attached hydrogen (secondary N) is 1. The van der Waals surface area contributed by atoms with Gasteiger partial charge in [-0.2, -0.15) is 17.5 Å². The number of hydrogen-bond acceptors (Lipinski definition) is 3. The van der Waals surface area contributed by atoms with Crippen molar-refractivity contribution in [2.24, 2.45) is 0 Å². The maximum Gasteiger partial charge on any atom is 0.416 e. The van der Waals surface area contributed by atoms with Crippen molar-refractivity contribution >= 4 is 15.9 Å². The number of sulfonamides is 1. The lowest BCUT2D eigenvalue weighted by molar-refractivity contribution is -0.137. The van der Waals surface area contributed by atoms with Crippen molar-refractivity contribution in [1.29, 1.82) is 0 Å². The molecule has 0 aliphatic heterocycles. The van der Waals surface area contributed by atoms with Crippen molar-refractivity contribution in [2.75, 3.05) is 20.6 Å². The van der Waals surface area contributed by atoms with Crippen molar-refractivity contribution < 1.29 is 26.4 Å². The van der Waals surface area contributed by atoms with Gasteiger partial charge in [-0.15, -0.1) is 0 Å². The molecule has 9 heteroatoms. The predicted molar refractivity (Wildman–Crippen MR) is 65.3 cm³/mol. The summed E-state index contributed by atoms with van der Waals surface area (Å²) in [4.78, 5) is 10.6. The van der Waals surface area contributed by atoms with Gasteiger partial charge in [-0.3, -0.25) is 4.79 Å². The molecule has 112 valence electrons. The molecule has 0 unspecified atom stereocenters. The van der Waals surface area contributed by atoms with Gasteiger partial charge in [0.1, 0.15) is 0 Å². The fraction of sp³-hybridized carbons (Fsp3) is 0.364. The SMILES string of the molecule is CNC(=O)CN(C)S(=O)(=O)c1cccc(C(F)(F)F)c1. The molecule has 0 saturated carbocycles. The van der Waals surface area contributed by atoms with Gasteiger partial charge in [-0.25, -0.2) is 8.42 Å². The Labute approximate surface area is 114 Å². The summed E-state index contributed by atoms with van der Waals surface area (Å²) < 4.78 is 62.4. The number of amides is 1. The van der Waals surface area contributed by atoms with Crippen LogP contribution in [0.25, 0.3) is 0 Å². The van der Waals surface area contributed by atoms with E-state index in [-0.39, 0.29) is 0 Å². The Morgan fingerprint density at radius 2 is 1.95 bits per heavy atom. The molecule has 0 bridgehead atoms. The smallest absolute Gasteiger partial charge is 0.358 e. The first-order chi connectivity index (χ1) is 9.09. The van der Waals surface area contributed by atoms with Crippen molar-refractivity contribution in [3.8, 4) is 0 Å². The first-order valence-electron chi connectivity index (χ1n) is 5.43. The Balaban J connectivity index is 3.13. The summed E-state index contributed by atoms with van der Waals surface area (Å²) in [6.45, 7) is -0.477. The third kappa shape index (κ3) is 3.70. The van der Waals surface area contributed by atoms with E-state index in [9.17, 15) is 26.4 Å². The van der Waals surface area contributed by atoms with Crippen LogP contribution in [0.4, 0.5) is 13.2 Å². The molecule has 0 aliphatic carbocycles. The minimum absolute atomic E-state index is 0.477. The molecule has 1 aromatic carbocycles. The molecule has 0 heterocycles. The number of carbonyl (C=O) groups is 1. The minimum atomic E-state index is -4.63. The molecular weight excluding hydrogens is 297 g/mol. The maximum atomic E-state index is 12.5. The van der Waals surface area contributed by atoms with E-state index < -0.39 is 39.1 Å². The molecule has 0 aromatic heterocycles. The second kappa shape index (κ2) is 5.80. The van der Waals surface area contributed by atoms with Crippen molar-refractivity contribution in [3.05, 3.63) is 29.8 Å². The van der Waals surface area contributed by atoms with Crippen LogP contribution in [-0.2, 0) is 21.0 Å². The van der Waals surface area contributed by atoms with Crippen molar-refractivity contribution in [3.63, 3.8) is 0 Å². The zero-order valence-electron chi connectivity index (χ0n) is 10.7. The normalized spacial score (nSPS) is 12.5. The van der Waals surface area contributed by atoms with E-state index in [1.807, 2.05) is 0 Å². The van der Waals surface area contributed by atoms with Crippen LogP contribution >= 0.6 is 0 Å². The van der Waals surface area contributed by atoms with Crippen LogP contribution in [0.3, 0.4) is 0 Å². The summed E-state index contributed by atoms with van der Waals surface area (Å²) in [7, 11) is -1.71. The monoisotopic (exact) mass is 310 g/mol. The van der Waals surface area contributed by atoms with E-state index in [1.165, 1.54) is 7.05 Å². The molecule has 5 nitrogen and oxygen atoms in total. The van der Waals surface area contributed by atoms with Gasteiger partial charge in [-0.1, -0.05) is 6.07 Å². The zero-order valence-corrected chi connectivity index (χ0v) is 11.5. The van der Waals surface area contributed by atoms with E-state index in [0.29, 0.717) is 10.4 Å². The Bertz CT molecular complexity index is 599. The number of alkyl halides is 3. The topological polar surface area (TPSA) is 66.5 Å². The molecule has 1 aromatic rings. The van der Waals surface area contributed by atoms with Gasteiger partial charge in [0.05, 0.1) is 17.0 Å². The third-order valence-corrected chi connectivity index (χ3v) is 4.31. The molecule has 0 spiro atoms. The molecule has 0 fully saturated rings.